The van der Waals surface area contributed by atoms with Crippen molar-refractivity contribution in [2.45, 2.75) is 20.4 Å². The average molecular weight is 384 g/mol. The maximum absolute atomic E-state index is 12.9. The molecule has 140 valence electrons. The van der Waals surface area contributed by atoms with E-state index in [-0.39, 0.29) is 17.6 Å². The molecule has 1 aliphatic rings. The van der Waals surface area contributed by atoms with E-state index in [9.17, 15) is 9.18 Å². The number of hydrazone groups is 1. The van der Waals surface area contributed by atoms with Crippen LogP contribution in [-0.4, -0.2) is 22.5 Å². The molecule has 2 aromatic rings. The van der Waals surface area contributed by atoms with Crippen LogP contribution in [0.2, 0.25) is 0 Å². The fourth-order valence-electron chi connectivity index (χ4n) is 2.33. The van der Waals surface area contributed by atoms with Gasteiger partial charge in [-0.1, -0.05) is 49.9 Å². The Labute approximate surface area is 162 Å². The summed E-state index contributed by atoms with van der Waals surface area (Å²) in [5.41, 5.74) is 6.60. The maximum Gasteiger partial charge on any atom is 0.226 e. The molecule has 0 aromatic heterocycles. The van der Waals surface area contributed by atoms with Crippen molar-refractivity contribution in [2.75, 3.05) is 11.1 Å². The third-order valence-corrected chi connectivity index (χ3v) is 4.87. The van der Waals surface area contributed by atoms with Gasteiger partial charge in [0.15, 0.2) is 5.17 Å². The summed E-state index contributed by atoms with van der Waals surface area (Å²) in [4.78, 5) is 16.2. The van der Waals surface area contributed by atoms with E-state index in [1.54, 1.807) is 23.9 Å². The fourth-order valence-corrected chi connectivity index (χ4v) is 3.10. The SMILES string of the molecule is CC(C)C(=O)Nc1ccc(C2=NNC(=NCc3ccc(F)cc3)SC2)cc1. The molecule has 2 N–H and O–H groups in total. The van der Waals surface area contributed by atoms with Gasteiger partial charge < -0.3 is 5.32 Å². The molecule has 0 aliphatic carbocycles. The monoisotopic (exact) mass is 384 g/mol. The minimum absolute atomic E-state index is 0.00279. The predicted molar refractivity (Wildman–Crippen MR) is 110 cm³/mol. The van der Waals surface area contributed by atoms with Crippen LogP contribution in [0.3, 0.4) is 0 Å². The second kappa shape index (κ2) is 8.81. The molecule has 2 aromatic carbocycles. The molecule has 1 aliphatic heterocycles. The van der Waals surface area contributed by atoms with Crippen LogP contribution < -0.4 is 10.7 Å². The van der Waals surface area contributed by atoms with Gasteiger partial charge in [0.25, 0.3) is 0 Å². The van der Waals surface area contributed by atoms with Crippen molar-refractivity contribution in [3.05, 3.63) is 65.5 Å². The fraction of sp³-hybridized carbons (Fsp3) is 0.250. The molecule has 27 heavy (non-hydrogen) atoms. The van der Waals surface area contributed by atoms with E-state index in [2.05, 4.69) is 20.8 Å². The average Bonchev–Trinajstić information content (AvgIpc) is 2.68. The lowest BCUT2D eigenvalue weighted by Gasteiger charge is -2.15. The van der Waals surface area contributed by atoms with Crippen LogP contribution in [0.1, 0.15) is 25.0 Å². The van der Waals surface area contributed by atoms with Crippen molar-refractivity contribution in [3.63, 3.8) is 0 Å². The summed E-state index contributed by atoms with van der Waals surface area (Å²) < 4.78 is 12.9. The Bertz CT molecular complexity index is 861. The Kier molecular flexibility index (Phi) is 6.24. The van der Waals surface area contributed by atoms with Crippen molar-refractivity contribution in [2.24, 2.45) is 16.0 Å². The molecule has 0 saturated heterocycles. The highest BCUT2D eigenvalue weighted by Gasteiger charge is 2.13. The summed E-state index contributed by atoms with van der Waals surface area (Å²) in [6, 6.07) is 13.9. The first-order valence-corrected chi connectivity index (χ1v) is 9.65. The first-order valence-electron chi connectivity index (χ1n) is 8.67. The van der Waals surface area contributed by atoms with Gasteiger partial charge in [-0.05, 0) is 35.4 Å². The van der Waals surface area contributed by atoms with E-state index in [1.165, 1.54) is 12.1 Å². The minimum Gasteiger partial charge on any atom is -0.326 e. The molecule has 3 rings (SSSR count). The Balaban J connectivity index is 1.58. The van der Waals surface area contributed by atoms with E-state index < -0.39 is 0 Å². The summed E-state index contributed by atoms with van der Waals surface area (Å²) in [5.74, 6) is 0.394. The number of rotatable bonds is 5. The molecule has 0 unspecified atom stereocenters. The number of benzene rings is 2. The van der Waals surface area contributed by atoms with Gasteiger partial charge in [0, 0.05) is 17.4 Å². The highest BCUT2D eigenvalue weighted by Crippen LogP contribution is 2.17. The van der Waals surface area contributed by atoms with Crippen LogP contribution in [0.4, 0.5) is 10.1 Å². The number of hydrogen-bond donors (Lipinski definition) is 2. The molecule has 5 nitrogen and oxygen atoms in total. The molecule has 1 amide bonds. The lowest BCUT2D eigenvalue weighted by Crippen LogP contribution is -2.25. The zero-order valence-corrected chi connectivity index (χ0v) is 16.0. The van der Waals surface area contributed by atoms with Gasteiger partial charge in [-0.3, -0.25) is 15.2 Å². The number of hydrogen-bond acceptors (Lipinski definition) is 4. The van der Waals surface area contributed by atoms with E-state index in [4.69, 9.17) is 0 Å². The molecule has 0 radical (unpaired) electrons. The number of nitrogens with one attached hydrogen (secondary N) is 2. The summed E-state index contributed by atoms with van der Waals surface area (Å²) in [6.45, 7) is 4.20. The largest absolute Gasteiger partial charge is 0.326 e. The molecule has 0 saturated carbocycles. The highest BCUT2D eigenvalue weighted by molar-refractivity contribution is 8.14. The zero-order chi connectivity index (χ0) is 19.2. The Morgan fingerprint density at radius 1 is 1.22 bits per heavy atom. The number of aliphatic imine (C=N–C) groups is 1. The van der Waals surface area contributed by atoms with E-state index in [1.807, 2.05) is 38.1 Å². The van der Waals surface area contributed by atoms with Crippen LogP contribution in [-0.2, 0) is 11.3 Å². The summed E-state index contributed by atoms with van der Waals surface area (Å²) in [5, 5.41) is 8.01. The Morgan fingerprint density at radius 3 is 2.52 bits per heavy atom. The maximum atomic E-state index is 12.9. The van der Waals surface area contributed by atoms with Gasteiger partial charge in [-0.2, -0.15) is 5.10 Å². The van der Waals surface area contributed by atoms with Crippen LogP contribution in [0, 0.1) is 11.7 Å². The number of amides is 1. The number of carbonyl (C=O) groups is 1. The number of carbonyl (C=O) groups excluding carboxylic acids is 1. The third kappa shape index (κ3) is 5.40. The normalized spacial score (nSPS) is 15.4. The van der Waals surface area contributed by atoms with Crippen molar-refractivity contribution >= 4 is 34.2 Å². The third-order valence-electron chi connectivity index (χ3n) is 3.96. The molecular weight excluding hydrogens is 363 g/mol. The topological polar surface area (TPSA) is 65.8 Å². The van der Waals surface area contributed by atoms with Gasteiger partial charge in [0.1, 0.15) is 5.82 Å². The molecule has 0 atom stereocenters. The summed E-state index contributed by atoms with van der Waals surface area (Å²) in [7, 11) is 0. The first-order chi connectivity index (χ1) is 13.0. The molecule has 0 fully saturated rings. The van der Waals surface area contributed by atoms with Gasteiger partial charge in [0.2, 0.25) is 5.91 Å². The van der Waals surface area contributed by atoms with E-state index in [0.29, 0.717) is 12.3 Å². The summed E-state index contributed by atoms with van der Waals surface area (Å²) >= 11 is 1.57. The van der Waals surface area contributed by atoms with Gasteiger partial charge in [-0.15, -0.1) is 0 Å². The lowest BCUT2D eigenvalue weighted by atomic mass is 10.1. The number of halogens is 1. The van der Waals surface area contributed by atoms with Crippen LogP contribution in [0.5, 0.6) is 0 Å². The molecule has 0 spiro atoms. The number of amidine groups is 1. The van der Waals surface area contributed by atoms with Crippen LogP contribution in [0.25, 0.3) is 0 Å². The predicted octanol–water partition coefficient (Wildman–Crippen LogP) is 4.02. The number of nitrogens with zero attached hydrogens (tertiary/aromatic N) is 2. The second-order valence-electron chi connectivity index (χ2n) is 6.43. The first kappa shape index (κ1) is 19.1. The summed E-state index contributed by atoms with van der Waals surface area (Å²) in [6.07, 6.45) is 0. The van der Waals surface area contributed by atoms with Crippen LogP contribution in [0.15, 0.2) is 58.6 Å². The van der Waals surface area contributed by atoms with E-state index >= 15 is 0 Å². The van der Waals surface area contributed by atoms with Crippen molar-refractivity contribution < 1.29 is 9.18 Å². The number of anilines is 1. The van der Waals surface area contributed by atoms with Gasteiger partial charge >= 0.3 is 0 Å². The Morgan fingerprint density at radius 2 is 1.93 bits per heavy atom. The van der Waals surface area contributed by atoms with E-state index in [0.717, 1.165) is 27.7 Å². The van der Waals surface area contributed by atoms with Crippen molar-refractivity contribution in [1.82, 2.24) is 5.43 Å². The molecule has 7 heteroatoms. The van der Waals surface area contributed by atoms with Gasteiger partial charge in [-0.25, -0.2) is 4.39 Å². The Hall–Kier alpha value is -2.67. The molecule has 1 heterocycles. The van der Waals surface area contributed by atoms with Crippen molar-refractivity contribution in [1.29, 1.82) is 0 Å². The smallest absolute Gasteiger partial charge is 0.226 e. The van der Waals surface area contributed by atoms with Gasteiger partial charge in [0.05, 0.1) is 12.3 Å². The highest BCUT2D eigenvalue weighted by atomic mass is 32.2. The number of thioether (sulfide) groups is 1. The van der Waals surface area contributed by atoms with Crippen molar-refractivity contribution in [3.8, 4) is 0 Å². The second-order valence-corrected chi connectivity index (χ2v) is 7.39. The molecular formula is C20H21FN4OS. The quantitative estimate of drug-likeness (QED) is 0.818. The standard InChI is InChI=1S/C20H21FN4OS/c1-13(2)19(26)23-17-9-5-15(6-10-17)18-12-27-20(25-24-18)22-11-14-3-7-16(21)8-4-14/h3-10,13H,11-12H2,1-2H3,(H,22,25)(H,23,26). The van der Waals surface area contributed by atoms with Crippen LogP contribution >= 0.6 is 11.8 Å². The zero-order valence-electron chi connectivity index (χ0n) is 15.2. The molecule has 0 bridgehead atoms. The lowest BCUT2D eigenvalue weighted by molar-refractivity contribution is -0.118. The minimum atomic E-state index is -0.249.